The van der Waals surface area contributed by atoms with E-state index in [2.05, 4.69) is 10.1 Å². The third kappa shape index (κ3) is 3.26. The van der Waals surface area contributed by atoms with Crippen molar-refractivity contribution in [1.29, 1.82) is 0 Å². The van der Waals surface area contributed by atoms with E-state index < -0.39 is 17.6 Å². The molecule has 1 aliphatic carbocycles. The lowest BCUT2D eigenvalue weighted by atomic mass is 9.46. The zero-order chi connectivity index (χ0) is 18.4. The highest BCUT2D eigenvalue weighted by Gasteiger charge is 2.70. The minimum atomic E-state index is -2.97. The van der Waals surface area contributed by atoms with Gasteiger partial charge in [0.1, 0.15) is 11.3 Å². The highest BCUT2D eigenvalue weighted by atomic mass is 35.5. The topological polar surface area (TPSA) is 73.6 Å². The molecule has 3 atom stereocenters. The normalized spacial score (nSPS) is 29.2. The summed E-state index contributed by atoms with van der Waals surface area (Å²) in [6.07, 6.45) is 1.66. The first-order valence-corrected chi connectivity index (χ1v) is 8.52. The maximum absolute atomic E-state index is 12.9. The zero-order valence-corrected chi connectivity index (χ0v) is 16.0. The fourth-order valence-electron chi connectivity index (χ4n) is 4.04. The Morgan fingerprint density at radius 3 is 2.77 bits per heavy atom. The molecule has 1 aromatic rings. The number of carbonyl (C=O) groups is 1. The van der Waals surface area contributed by atoms with Crippen molar-refractivity contribution in [2.24, 2.45) is 17.1 Å². The Morgan fingerprint density at radius 1 is 1.46 bits per heavy atom. The summed E-state index contributed by atoms with van der Waals surface area (Å²) in [6.45, 7) is 1.56. The first kappa shape index (κ1) is 21.2. The molecule has 1 amide bonds. The van der Waals surface area contributed by atoms with Gasteiger partial charge in [-0.15, -0.1) is 12.4 Å². The number of nitrogens with one attached hydrogen (secondary N) is 1. The van der Waals surface area contributed by atoms with Gasteiger partial charge in [-0.05, 0) is 31.0 Å². The van der Waals surface area contributed by atoms with Crippen LogP contribution >= 0.6 is 24.0 Å². The molecule has 1 heterocycles. The van der Waals surface area contributed by atoms with Crippen molar-refractivity contribution < 1.29 is 23.0 Å². The number of anilines is 1. The van der Waals surface area contributed by atoms with Crippen molar-refractivity contribution in [3.8, 4) is 5.75 Å². The van der Waals surface area contributed by atoms with Crippen LogP contribution in [0.15, 0.2) is 18.2 Å². The van der Waals surface area contributed by atoms with Crippen LogP contribution in [0.1, 0.15) is 26.7 Å². The van der Waals surface area contributed by atoms with E-state index in [4.69, 9.17) is 22.1 Å². The zero-order valence-electron chi connectivity index (χ0n) is 14.4. The fraction of sp³-hybridized carbons (Fsp3) is 0.588. The predicted octanol–water partition coefficient (Wildman–Crippen LogP) is 3.83. The number of benzene rings is 1. The van der Waals surface area contributed by atoms with Crippen LogP contribution in [0.4, 0.5) is 14.5 Å². The van der Waals surface area contributed by atoms with Crippen LogP contribution in [-0.4, -0.2) is 30.8 Å². The number of fused-ring (bicyclic) bond motifs is 1. The second-order valence-electron chi connectivity index (χ2n) is 7.11. The summed E-state index contributed by atoms with van der Waals surface area (Å²) >= 11 is 5.92. The molecule has 3 rings (SSSR count). The van der Waals surface area contributed by atoms with Gasteiger partial charge in [0.2, 0.25) is 5.91 Å². The van der Waals surface area contributed by atoms with E-state index in [-0.39, 0.29) is 41.1 Å². The number of rotatable bonds is 4. The molecule has 3 N–H and O–H groups in total. The first-order valence-electron chi connectivity index (χ1n) is 8.14. The molecule has 1 aliphatic heterocycles. The highest BCUT2D eigenvalue weighted by molar-refractivity contribution is 6.32. The van der Waals surface area contributed by atoms with E-state index >= 15 is 0 Å². The molecule has 0 bridgehead atoms. The summed E-state index contributed by atoms with van der Waals surface area (Å²) in [5.74, 6) is -0.530. The largest absolute Gasteiger partial charge is 0.433 e. The third-order valence-electron chi connectivity index (χ3n) is 5.47. The van der Waals surface area contributed by atoms with Gasteiger partial charge >= 0.3 is 6.61 Å². The van der Waals surface area contributed by atoms with Gasteiger partial charge in [0.25, 0.3) is 0 Å². The number of hydrogen-bond donors (Lipinski definition) is 2. The molecule has 9 heteroatoms. The summed E-state index contributed by atoms with van der Waals surface area (Å²) in [5, 5.41) is 2.73. The number of nitrogens with two attached hydrogens (primary N) is 1. The van der Waals surface area contributed by atoms with Crippen LogP contribution in [0.5, 0.6) is 5.75 Å². The van der Waals surface area contributed by atoms with E-state index in [1.807, 2.05) is 13.8 Å². The van der Waals surface area contributed by atoms with Crippen molar-refractivity contribution in [1.82, 2.24) is 0 Å². The van der Waals surface area contributed by atoms with Crippen molar-refractivity contribution in [3.05, 3.63) is 23.2 Å². The highest BCUT2D eigenvalue weighted by Crippen LogP contribution is 2.57. The lowest BCUT2D eigenvalue weighted by Gasteiger charge is -2.65. The monoisotopic (exact) mass is 410 g/mol. The van der Waals surface area contributed by atoms with Gasteiger partial charge in [0.15, 0.2) is 0 Å². The molecule has 5 nitrogen and oxygen atoms in total. The Morgan fingerprint density at radius 2 is 2.15 bits per heavy atom. The van der Waals surface area contributed by atoms with Crippen molar-refractivity contribution in [2.45, 2.75) is 44.9 Å². The van der Waals surface area contributed by atoms with Crippen LogP contribution in [0.2, 0.25) is 5.02 Å². The molecule has 0 radical (unpaired) electrons. The van der Waals surface area contributed by atoms with Gasteiger partial charge in [0, 0.05) is 23.6 Å². The van der Waals surface area contributed by atoms with E-state index in [9.17, 15) is 13.6 Å². The molecule has 1 saturated carbocycles. The molecule has 146 valence electrons. The summed E-state index contributed by atoms with van der Waals surface area (Å²) in [7, 11) is 0. The first-order chi connectivity index (χ1) is 11.7. The van der Waals surface area contributed by atoms with Crippen molar-refractivity contribution >= 4 is 35.6 Å². The second-order valence-corrected chi connectivity index (χ2v) is 7.52. The summed E-state index contributed by atoms with van der Waals surface area (Å²) in [6, 6.07) is 4.10. The number of carbonyl (C=O) groups excluding carboxylic acids is 1. The minimum Gasteiger partial charge on any atom is -0.433 e. The molecule has 0 spiro atoms. The van der Waals surface area contributed by atoms with E-state index in [0.717, 1.165) is 12.8 Å². The summed E-state index contributed by atoms with van der Waals surface area (Å²) in [4.78, 5) is 12.9. The molecule has 3 unspecified atom stereocenters. The average Bonchev–Trinajstić information content (AvgIpc) is 2.56. The van der Waals surface area contributed by atoms with Gasteiger partial charge in [-0.3, -0.25) is 4.79 Å². The minimum absolute atomic E-state index is 0. The van der Waals surface area contributed by atoms with Crippen molar-refractivity contribution in [2.75, 3.05) is 11.9 Å². The van der Waals surface area contributed by atoms with E-state index in [1.54, 1.807) is 0 Å². The molecule has 0 aromatic heterocycles. The summed E-state index contributed by atoms with van der Waals surface area (Å²) in [5.41, 5.74) is 5.31. The molecule has 1 aromatic carbocycles. The van der Waals surface area contributed by atoms with Crippen molar-refractivity contribution in [3.63, 3.8) is 0 Å². The van der Waals surface area contributed by atoms with Crippen LogP contribution < -0.4 is 15.8 Å². The molecule has 2 aliphatic rings. The Labute approximate surface area is 161 Å². The quantitative estimate of drug-likeness (QED) is 0.790. The Hall–Kier alpha value is -1.15. The number of amides is 1. The Kier molecular flexibility index (Phi) is 6.07. The fourth-order valence-corrected chi connectivity index (χ4v) is 4.27. The van der Waals surface area contributed by atoms with E-state index in [0.29, 0.717) is 12.3 Å². The Balaban J connectivity index is 0.00000243. The molecular formula is C17H22Cl2F2N2O3. The number of ether oxygens (including phenoxy) is 2. The Bertz CT molecular complexity index is 690. The molecule has 1 saturated heterocycles. The van der Waals surface area contributed by atoms with Gasteiger partial charge in [-0.2, -0.15) is 8.78 Å². The van der Waals surface area contributed by atoms with Crippen LogP contribution in [-0.2, 0) is 9.53 Å². The van der Waals surface area contributed by atoms with Gasteiger partial charge < -0.3 is 20.5 Å². The van der Waals surface area contributed by atoms with Gasteiger partial charge in [-0.25, -0.2) is 0 Å². The predicted molar refractivity (Wildman–Crippen MR) is 97.1 cm³/mol. The summed E-state index contributed by atoms with van der Waals surface area (Å²) < 4.78 is 34.7. The maximum Gasteiger partial charge on any atom is 0.387 e. The van der Waals surface area contributed by atoms with Crippen LogP contribution in [0.3, 0.4) is 0 Å². The van der Waals surface area contributed by atoms with E-state index in [1.165, 1.54) is 18.2 Å². The number of halogens is 4. The molecule has 26 heavy (non-hydrogen) atoms. The molecular weight excluding hydrogens is 389 g/mol. The average molecular weight is 411 g/mol. The lowest BCUT2D eigenvalue weighted by molar-refractivity contribution is -0.222. The molecule has 2 fully saturated rings. The number of alkyl halides is 2. The third-order valence-corrected chi connectivity index (χ3v) is 5.76. The van der Waals surface area contributed by atoms with Crippen LogP contribution in [0, 0.1) is 11.3 Å². The SMILES string of the molecule is CC1(C)C2OCCCC2C1(N)C(=O)Nc1ccc(OC(F)F)c(Cl)c1.Cl. The standard InChI is InChI=1S/C17H21ClF2N2O3.ClH/c1-16(2)13-10(4-3-7-24-13)17(16,21)14(23)22-9-5-6-12(11(18)8-9)25-15(19)20;/h5-6,8,10,13,15H,3-4,7,21H2,1-2H3,(H,22,23);1H. The maximum atomic E-state index is 12.9. The van der Waals surface area contributed by atoms with Gasteiger partial charge in [-0.1, -0.05) is 25.4 Å². The second kappa shape index (κ2) is 7.46. The smallest absolute Gasteiger partial charge is 0.387 e. The van der Waals surface area contributed by atoms with Gasteiger partial charge in [0.05, 0.1) is 11.1 Å². The number of hydrogen-bond acceptors (Lipinski definition) is 4. The van der Waals surface area contributed by atoms with Crippen LogP contribution in [0.25, 0.3) is 0 Å². The lowest BCUT2D eigenvalue weighted by Crippen LogP contribution is -2.81.